The number of aliphatic imine (C=N–C) groups is 1. The Kier molecular flexibility index (Phi) is 2.60. The SMILES string of the molecule is Nc1ccc(C2CSC(C3CC3)=N2)c(Cl)c1. The van der Waals surface area contributed by atoms with E-state index < -0.39 is 0 Å². The molecular formula is C12H13ClN2S. The number of halogens is 1. The average molecular weight is 253 g/mol. The minimum Gasteiger partial charge on any atom is -0.399 e. The maximum absolute atomic E-state index is 6.19. The van der Waals surface area contributed by atoms with Crippen molar-refractivity contribution in [2.45, 2.75) is 18.9 Å². The van der Waals surface area contributed by atoms with Crippen molar-refractivity contribution in [2.75, 3.05) is 11.5 Å². The molecule has 84 valence electrons. The number of hydrogen-bond acceptors (Lipinski definition) is 3. The molecule has 1 fully saturated rings. The lowest BCUT2D eigenvalue weighted by atomic mass is 10.1. The van der Waals surface area contributed by atoms with Gasteiger partial charge in [0.1, 0.15) is 0 Å². The van der Waals surface area contributed by atoms with Gasteiger partial charge in [0.25, 0.3) is 0 Å². The fourth-order valence-corrected chi connectivity index (χ4v) is 3.49. The molecule has 4 heteroatoms. The normalized spacial score (nSPS) is 24.6. The van der Waals surface area contributed by atoms with Crippen LogP contribution in [0.25, 0.3) is 0 Å². The number of hydrogen-bond donors (Lipinski definition) is 1. The van der Waals surface area contributed by atoms with Gasteiger partial charge in [0.2, 0.25) is 0 Å². The van der Waals surface area contributed by atoms with Crippen molar-refractivity contribution in [1.29, 1.82) is 0 Å². The number of nitrogen functional groups attached to an aromatic ring is 1. The van der Waals surface area contributed by atoms with Gasteiger partial charge in [-0.05, 0) is 30.5 Å². The Morgan fingerprint density at radius 2 is 2.19 bits per heavy atom. The molecule has 0 amide bonds. The summed E-state index contributed by atoms with van der Waals surface area (Å²) in [7, 11) is 0. The average Bonchev–Trinajstić information content (AvgIpc) is 2.98. The monoisotopic (exact) mass is 252 g/mol. The number of nitrogens with two attached hydrogens (primary N) is 1. The van der Waals surface area contributed by atoms with Crippen molar-refractivity contribution < 1.29 is 0 Å². The summed E-state index contributed by atoms with van der Waals surface area (Å²) in [5.74, 6) is 1.78. The van der Waals surface area contributed by atoms with E-state index >= 15 is 0 Å². The highest BCUT2D eigenvalue weighted by molar-refractivity contribution is 8.14. The molecule has 1 aromatic rings. The number of anilines is 1. The fourth-order valence-electron chi connectivity index (χ4n) is 1.92. The zero-order chi connectivity index (χ0) is 11.1. The Morgan fingerprint density at radius 3 is 2.88 bits per heavy atom. The van der Waals surface area contributed by atoms with Crippen LogP contribution in [0.3, 0.4) is 0 Å². The van der Waals surface area contributed by atoms with Crippen LogP contribution >= 0.6 is 23.4 Å². The van der Waals surface area contributed by atoms with E-state index in [0.717, 1.165) is 22.3 Å². The Balaban J connectivity index is 1.87. The summed E-state index contributed by atoms with van der Waals surface area (Å²) < 4.78 is 0. The lowest BCUT2D eigenvalue weighted by Crippen LogP contribution is -1.96. The van der Waals surface area contributed by atoms with Crippen LogP contribution in [0.1, 0.15) is 24.4 Å². The standard InChI is InChI=1S/C12H13ClN2S/c13-10-5-8(14)3-4-9(10)11-6-16-12(15-11)7-1-2-7/h3-5,7,11H,1-2,6,14H2. The molecule has 0 radical (unpaired) electrons. The van der Waals surface area contributed by atoms with Gasteiger partial charge in [-0.25, -0.2) is 0 Å². The fraction of sp³-hybridized carbons (Fsp3) is 0.417. The first kappa shape index (κ1) is 10.5. The van der Waals surface area contributed by atoms with Crippen molar-refractivity contribution in [1.82, 2.24) is 0 Å². The summed E-state index contributed by atoms with van der Waals surface area (Å²) in [6.45, 7) is 0. The molecule has 1 heterocycles. The molecule has 1 aliphatic heterocycles. The number of rotatable bonds is 2. The van der Waals surface area contributed by atoms with Gasteiger partial charge in [0.05, 0.1) is 11.1 Å². The molecule has 1 saturated carbocycles. The third kappa shape index (κ3) is 1.94. The summed E-state index contributed by atoms with van der Waals surface area (Å²) in [5.41, 5.74) is 7.51. The van der Waals surface area contributed by atoms with E-state index in [1.165, 1.54) is 17.9 Å². The number of benzene rings is 1. The van der Waals surface area contributed by atoms with Gasteiger partial charge in [-0.3, -0.25) is 4.99 Å². The van der Waals surface area contributed by atoms with Crippen LogP contribution in [0.15, 0.2) is 23.2 Å². The second kappa shape index (κ2) is 3.97. The molecule has 0 spiro atoms. The van der Waals surface area contributed by atoms with E-state index in [4.69, 9.17) is 22.3 Å². The number of thioether (sulfide) groups is 1. The van der Waals surface area contributed by atoms with E-state index in [1.807, 2.05) is 30.0 Å². The third-order valence-electron chi connectivity index (χ3n) is 2.98. The van der Waals surface area contributed by atoms with E-state index in [0.29, 0.717) is 5.69 Å². The first-order chi connectivity index (χ1) is 7.74. The van der Waals surface area contributed by atoms with Gasteiger partial charge >= 0.3 is 0 Å². The van der Waals surface area contributed by atoms with Gasteiger partial charge in [-0.2, -0.15) is 0 Å². The smallest absolute Gasteiger partial charge is 0.0867 e. The Labute approximate surface area is 104 Å². The van der Waals surface area contributed by atoms with Crippen LogP contribution in [0.5, 0.6) is 0 Å². The molecule has 0 saturated heterocycles. The van der Waals surface area contributed by atoms with Crippen LogP contribution < -0.4 is 5.73 Å². The van der Waals surface area contributed by atoms with Gasteiger partial charge in [-0.15, -0.1) is 11.8 Å². The van der Waals surface area contributed by atoms with E-state index in [1.54, 1.807) is 0 Å². The molecule has 1 unspecified atom stereocenters. The largest absolute Gasteiger partial charge is 0.399 e. The number of nitrogens with zero attached hydrogens (tertiary/aromatic N) is 1. The topological polar surface area (TPSA) is 38.4 Å². The first-order valence-electron chi connectivity index (χ1n) is 5.49. The molecule has 1 aliphatic carbocycles. The molecule has 0 aromatic heterocycles. The van der Waals surface area contributed by atoms with E-state index in [9.17, 15) is 0 Å². The zero-order valence-electron chi connectivity index (χ0n) is 8.82. The van der Waals surface area contributed by atoms with Crippen molar-refractivity contribution in [3.05, 3.63) is 28.8 Å². The Morgan fingerprint density at radius 1 is 1.38 bits per heavy atom. The maximum atomic E-state index is 6.19. The third-order valence-corrected chi connectivity index (χ3v) is 4.53. The minimum atomic E-state index is 0.230. The zero-order valence-corrected chi connectivity index (χ0v) is 10.4. The first-order valence-corrected chi connectivity index (χ1v) is 6.86. The second-order valence-corrected chi connectivity index (χ2v) is 5.80. The Bertz CT molecular complexity index is 454. The van der Waals surface area contributed by atoms with E-state index in [-0.39, 0.29) is 6.04 Å². The molecule has 2 N–H and O–H groups in total. The molecule has 16 heavy (non-hydrogen) atoms. The summed E-state index contributed by atoms with van der Waals surface area (Å²) >= 11 is 8.08. The van der Waals surface area contributed by atoms with Crippen LogP contribution in [-0.4, -0.2) is 10.8 Å². The van der Waals surface area contributed by atoms with Crippen LogP contribution in [0.4, 0.5) is 5.69 Å². The van der Waals surface area contributed by atoms with Crippen LogP contribution in [0, 0.1) is 5.92 Å². The summed E-state index contributed by atoms with van der Waals surface area (Å²) in [6.07, 6.45) is 2.63. The van der Waals surface area contributed by atoms with Gasteiger partial charge in [0, 0.05) is 22.4 Å². The van der Waals surface area contributed by atoms with E-state index in [2.05, 4.69) is 0 Å². The molecular weight excluding hydrogens is 240 g/mol. The predicted octanol–water partition coefficient (Wildman–Crippen LogP) is 3.52. The van der Waals surface area contributed by atoms with Crippen molar-refractivity contribution in [3.63, 3.8) is 0 Å². The summed E-state index contributed by atoms with van der Waals surface area (Å²) in [4.78, 5) is 4.77. The summed E-state index contributed by atoms with van der Waals surface area (Å²) in [5, 5.41) is 2.07. The van der Waals surface area contributed by atoms with Crippen molar-refractivity contribution in [3.8, 4) is 0 Å². The lowest BCUT2D eigenvalue weighted by molar-refractivity contribution is 0.845. The molecule has 1 aromatic carbocycles. The lowest BCUT2D eigenvalue weighted by Gasteiger charge is -2.09. The molecule has 0 bridgehead atoms. The minimum absolute atomic E-state index is 0.230. The van der Waals surface area contributed by atoms with Gasteiger partial charge < -0.3 is 5.73 Å². The summed E-state index contributed by atoms with van der Waals surface area (Å²) in [6, 6.07) is 5.94. The van der Waals surface area contributed by atoms with Crippen LogP contribution in [0.2, 0.25) is 5.02 Å². The molecule has 3 rings (SSSR count). The van der Waals surface area contributed by atoms with Gasteiger partial charge in [-0.1, -0.05) is 17.7 Å². The predicted molar refractivity (Wildman–Crippen MR) is 71.2 cm³/mol. The molecule has 2 nitrogen and oxygen atoms in total. The van der Waals surface area contributed by atoms with Crippen molar-refractivity contribution in [2.24, 2.45) is 10.9 Å². The quantitative estimate of drug-likeness (QED) is 0.818. The highest BCUT2D eigenvalue weighted by Gasteiger charge is 2.33. The van der Waals surface area contributed by atoms with Crippen LogP contribution in [-0.2, 0) is 0 Å². The molecule has 1 atom stereocenters. The Hall–Kier alpha value is -0.670. The van der Waals surface area contributed by atoms with Crippen molar-refractivity contribution >= 4 is 34.1 Å². The maximum Gasteiger partial charge on any atom is 0.0867 e. The highest BCUT2D eigenvalue weighted by atomic mass is 35.5. The highest BCUT2D eigenvalue weighted by Crippen LogP contribution is 2.43. The van der Waals surface area contributed by atoms with Gasteiger partial charge in [0.15, 0.2) is 0 Å². The second-order valence-electron chi connectivity index (χ2n) is 4.35. The molecule has 2 aliphatic rings.